The number of nitrogen functional groups attached to an aromatic ring is 1. The van der Waals surface area contributed by atoms with Gasteiger partial charge in [-0.25, -0.2) is 4.79 Å². The molecular formula is C17H26N2O2. The summed E-state index contributed by atoms with van der Waals surface area (Å²) in [7, 11) is 0. The van der Waals surface area contributed by atoms with E-state index in [9.17, 15) is 4.79 Å². The minimum Gasteiger partial charge on any atom is -0.444 e. The summed E-state index contributed by atoms with van der Waals surface area (Å²) < 4.78 is 5.43. The number of carbonyl (C=O) groups is 1. The molecule has 2 rings (SSSR count). The topological polar surface area (TPSA) is 55.6 Å². The number of rotatable bonds is 2. The Labute approximate surface area is 127 Å². The van der Waals surface area contributed by atoms with E-state index in [1.54, 1.807) is 0 Å². The highest BCUT2D eigenvalue weighted by Crippen LogP contribution is 2.26. The van der Waals surface area contributed by atoms with Gasteiger partial charge in [0.15, 0.2) is 0 Å². The van der Waals surface area contributed by atoms with Gasteiger partial charge in [0, 0.05) is 18.8 Å². The van der Waals surface area contributed by atoms with Gasteiger partial charge in [0.1, 0.15) is 5.60 Å². The molecule has 1 aliphatic heterocycles. The van der Waals surface area contributed by atoms with Crippen molar-refractivity contribution >= 4 is 11.8 Å². The molecule has 1 aromatic carbocycles. The second-order valence-corrected chi connectivity index (χ2v) is 6.93. The van der Waals surface area contributed by atoms with Crippen LogP contribution in [0.4, 0.5) is 10.5 Å². The summed E-state index contributed by atoms with van der Waals surface area (Å²) in [6, 6.07) is 6.15. The standard InChI is InChI=1S/C17H26N2O2/c1-12-6-5-7-14(15(12)18)10-13-8-9-19(11-13)16(20)21-17(2,3)4/h5-7,13H,8-11,18H2,1-4H3. The van der Waals surface area contributed by atoms with Crippen LogP contribution >= 0.6 is 0 Å². The number of hydrogen-bond acceptors (Lipinski definition) is 3. The second-order valence-electron chi connectivity index (χ2n) is 6.93. The highest BCUT2D eigenvalue weighted by Gasteiger charge is 2.30. The molecular weight excluding hydrogens is 264 g/mol. The Morgan fingerprint density at radius 3 is 2.81 bits per heavy atom. The van der Waals surface area contributed by atoms with E-state index in [0.717, 1.165) is 37.2 Å². The molecule has 4 nitrogen and oxygen atoms in total. The van der Waals surface area contributed by atoms with E-state index in [-0.39, 0.29) is 6.09 Å². The predicted molar refractivity (Wildman–Crippen MR) is 85.2 cm³/mol. The maximum Gasteiger partial charge on any atom is 0.410 e. The van der Waals surface area contributed by atoms with Crippen molar-refractivity contribution < 1.29 is 9.53 Å². The minimum absolute atomic E-state index is 0.206. The van der Waals surface area contributed by atoms with Gasteiger partial charge in [0.2, 0.25) is 0 Å². The summed E-state index contributed by atoms with van der Waals surface area (Å²) in [5, 5.41) is 0. The molecule has 0 bridgehead atoms. The van der Waals surface area contributed by atoms with Gasteiger partial charge in [-0.05, 0) is 57.6 Å². The maximum absolute atomic E-state index is 12.1. The van der Waals surface area contributed by atoms with Crippen molar-refractivity contribution in [2.24, 2.45) is 5.92 Å². The molecule has 116 valence electrons. The molecule has 1 atom stereocenters. The number of likely N-dealkylation sites (tertiary alicyclic amines) is 1. The van der Waals surface area contributed by atoms with Gasteiger partial charge >= 0.3 is 6.09 Å². The molecule has 4 heteroatoms. The third-order valence-electron chi connectivity index (χ3n) is 3.86. The number of aryl methyl sites for hydroxylation is 1. The van der Waals surface area contributed by atoms with E-state index in [4.69, 9.17) is 10.5 Å². The van der Waals surface area contributed by atoms with Crippen molar-refractivity contribution in [2.45, 2.75) is 46.1 Å². The van der Waals surface area contributed by atoms with Gasteiger partial charge in [0.25, 0.3) is 0 Å². The molecule has 2 N–H and O–H groups in total. The molecule has 1 fully saturated rings. The van der Waals surface area contributed by atoms with E-state index in [2.05, 4.69) is 6.07 Å². The van der Waals surface area contributed by atoms with Crippen molar-refractivity contribution in [1.29, 1.82) is 0 Å². The van der Waals surface area contributed by atoms with Gasteiger partial charge in [-0.1, -0.05) is 18.2 Å². The number of nitrogens with zero attached hydrogens (tertiary/aromatic N) is 1. The quantitative estimate of drug-likeness (QED) is 0.850. The van der Waals surface area contributed by atoms with Crippen LogP contribution in [-0.4, -0.2) is 29.7 Å². The number of ether oxygens (including phenoxy) is 1. The first-order valence-corrected chi connectivity index (χ1v) is 7.58. The van der Waals surface area contributed by atoms with Gasteiger partial charge in [0.05, 0.1) is 0 Å². The molecule has 1 saturated heterocycles. The molecule has 1 aromatic rings. The normalized spacial score (nSPS) is 18.9. The van der Waals surface area contributed by atoms with E-state index < -0.39 is 5.60 Å². The van der Waals surface area contributed by atoms with Crippen molar-refractivity contribution in [3.05, 3.63) is 29.3 Å². The molecule has 1 aliphatic rings. The Morgan fingerprint density at radius 2 is 2.14 bits per heavy atom. The molecule has 0 spiro atoms. The van der Waals surface area contributed by atoms with Crippen molar-refractivity contribution in [1.82, 2.24) is 4.90 Å². The lowest BCUT2D eigenvalue weighted by atomic mass is 9.96. The number of amides is 1. The van der Waals surface area contributed by atoms with Gasteiger partial charge in [-0.2, -0.15) is 0 Å². The summed E-state index contributed by atoms with van der Waals surface area (Å²) in [6.07, 6.45) is 1.72. The van der Waals surface area contributed by atoms with Crippen LogP contribution < -0.4 is 5.73 Å². The van der Waals surface area contributed by atoms with Crippen LogP contribution in [0.15, 0.2) is 18.2 Å². The highest BCUT2D eigenvalue weighted by atomic mass is 16.6. The first-order valence-electron chi connectivity index (χ1n) is 7.58. The van der Waals surface area contributed by atoms with E-state index in [1.807, 2.05) is 44.7 Å². The molecule has 1 unspecified atom stereocenters. The lowest BCUT2D eigenvalue weighted by Gasteiger charge is -2.24. The van der Waals surface area contributed by atoms with Gasteiger partial charge < -0.3 is 15.4 Å². The van der Waals surface area contributed by atoms with Gasteiger partial charge in [-0.3, -0.25) is 0 Å². The van der Waals surface area contributed by atoms with E-state index in [0.29, 0.717) is 5.92 Å². The Kier molecular flexibility index (Phi) is 4.45. The summed E-state index contributed by atoms with van der Waals surface area (Å²) in [4.78, 5) is 13.9. The number of benzene rings is 1. The zero-order valence-electron chi connectivity index (χ0n) is 13.5. The lowest BCUT2D eigenvalue weighted by molar-refractivity contribution is 0.0288. The fourth-order valence-corrected chi connectivity index (χ4v) is 2.72. The summed E-state index contributed by atoms with van der Waals surface area (Å²) in [5.74, 6) is 0.460. The van der Waals surface area contributed by atoms with Crippen LogP contribution in [0.1, 0.15) is 38.3 Å². The molecule has 1 heterocycles. The van der Waals surface area contributed by atoms with Crippen molar-refractivity contribution in [2.75, 3.05) is 18.8 Å². The second kappa shape index (κ2) is 5.96. The molecule has 0 aliphatic carbocycles. The molecule has 0 aromatic heterocycles. The molecule has 1 amide bonds. The Bertz CT molecular complexity index is 520. The number of carbonyl (C=O) groups excluding carboxylic acids is 1. The number of nitrogens with two attached hydrogens (primary N) is 1. The zero-order chi connectivity index (χ0) is 15.6. The van der Waals surface area contributed by atoms with Crippen LogP contribution in [0.2, 0.25) is 0 Å². The largest absolute Gasteiger partial charge is 0.444 e. The van der Waals surface area contributed by atoms with Crippen LogP contribution in [-0.2, 0) is 11.2 Å². The molecule has 0 radical (unpaired) electrons. The van der Waals surface area contributed by atoms with Crippen molar-refractivity contribution in [3.63, 3.8) is 0 Å². The average Bonchev–Trinajstić information content (AvgIpc) is 2.82. The third kappa shape index (κ3) is 4.13. The van der Waals surface area contributed by atoms with E-state index >= 15 is 0 Å². The first-order chi connectivity index (χ1) is 9.76. The van der Waals surface area contributed by atoms with E-state index in [1.165, 1.54) is 5.56 Å². The Morgan fingerprint density at radius 1 is 1.43 bits per heavy atom. The number of anilines is 1. The fraction of sp³-hybridized carbons (Fsp3) is 0.588. The third-order valence-corrected chi connectivity index (χ3v) is 3.86. The fourth-order valence-electron chi connectivity index (χ4n) is 2.72. The van der Waals surface area contributed by atoms with Crippen LogP contribution in [0.5, 0.6) is 0 Å². The smallest absolute Gasteiger partial charge is 0.410 e. The average molecular weight is 290 g/mol. The van der Waals surface area contributed by atoms with Crippen LogP contribution in [0, 0.1) is 12.8 Å². The highest BCUT2D eigenvalue weighted by molar-refractivity contribution is 5.68. The molecule has 0 saturated carbocycles. The maximum atomic E-state index is 12.1. The van der Waals surface area contributed by atoms with Crippen LogP contribution in [0.25, 0.3) is 0 Å². The van der Waals surface area contributed by atoms with Crippen molar-refractivity contribution in [3.8, 4) is 0 Å². The minimum atomic E-state index is -0.434. The summed E-state index contributed by atoms with van der Waals surface area (Å²) in [6.45, 7) is 9.23. The molecule has 21 heavy (non-hydrogen) atoms. The Balaban J connectivity index is 1.94. The summed E-state index contributed by atoms with van der Waals surface area (Å²) >= 11 is 0. The lowest BCUT2D eigenvalue weighted by Crippen LogP contribution is -2.35. The van der Waals surface area contributed by atoms with Crippen LogP contribution in [0.3, 0.4) is 0 Å². The number of hydrogen-bond donors (Lipinski definition) is 1. The first kappa shape index (κ1) is 15.7. The monoisotopic (exact) mass is 290 g/mol. The summed E-state index contributed by atoms with van der Waals surface area (Å²) in [5.41, 5.74) is 8.89. The SMILES string of the molecule is Cc1cccc(CC2CCN(C(=O)OC(C)(C)C)C2)c1N. The Hall–Kier alpha value is -1.71. The zero-order valence-corrected chi connectivity index (χ0v) is 13.5. The van der Waals surface area contributed by atoms with Gasteiger partial charge in [-0.15, -0.1) is 0 Å². The predicted octanol–water partition coefficient (Wildman–Crippen LogP) is 3.38. The number of para-hydroxylation sites is 1.